The Hall–Kier alpha value is -2.39. The molecule has 9 nitrogen and oxygen atoms in total. The number of nitrogens with one attached hydrogen (secondary N) is 1. The molecule has 1 amide bonds. The molecule has 3 rings (SSSR count). The second kappa shape index (κ2) is 6.01. The van der Waals surface area contributed by atoms with Gasteiger partial charge in [0.25, 0.3) is 0 Å². The van der Waals surface area contributed by atoms with Gasteiger partial charge in [0.15, 0.2) is 17.3 Å². The molecule has 1 aliphatic rings. The number of likely N-dealkylation sites (N-methyl/N-ethyl adjacent to an activating group) is 1. The first-order valence-corrected chi connectivity index (χ1v) is 7.38. The maximum absolute atomic E-state index is 11.1. The van der Waals surface area contributed by atoms with Crippen LogP contribution in [0, 0.1) is 0 Å². The molecule has 0 spiro atoms. The van der Waals surface area contributed by atoms with E-state index in [4.69, 9.17) is 22.6 Å². The summed E-state index contributed by atoms with van der Waals surface area (Å²) in [4.78, 5) is 27.4. The second-order valence-corrected chi connectivity index (χ2v) is 5.75. The van der Waals surface area contributed by atoms with Crippen molar-refractivity contribution in [3.05, 3.63) is 17.3 Å². The molecule has 10 heteroatoms. The van der Waals surface area contributed by atoms with Crippen LogP contribution in [0.2, 0.25) is 5.02 Å². The molecule has 1 saturated heterocycles. The van der Waals surface area contributed by atoms with Crippen LogP contribution in [0.1, 0.15) is 6.42 Å². The number of hydrogen-bond donors (Lipinski definition) is 3. The first-order chi connectivity index (χ1) is 11.0. The summed E-state index contributed by atoms with van der Waals surface area (Å²) in [7, 11) is 1.56. The summed E-state index contributed by atoms with van der Waals surface area (Å²) in [5.41, 5.74) is 3.53. The molecule has 2 aromatic rings. The third-order valence-corrected chi connectivity index (χ3v) is 4.13. The van der Waals surface area contributed by atoms with Gasteiger partial charge in [0.05, 0.1) is 11.1 Å². The Morgan fingerprint density at radius 2 is 2.35 bits per heavy atom. The lowest BCUT2D eigenvalue weighted by Crippen LogP contribution is -2.38. The molecule has 122 valence electrons. The van der Waals surface area contributed by atoms with Crippen molar-refractivity contribution >= 4 is 40.5 Å². The zero-order valence-electron chi connectivity index (χ0n) is 12.4. The van der Waals surface area contributed by atoms with Gasteiger partial charge in [0, 0.05) is 26.3 Å². The molecule has 23 heavy (non-hydrogen) atoms. The van der Waals surface area contributed by atoms with Crippen molar-refractivity contribution in [3.8, 4) is 0 Å². The van der Waals surface area contributed by atoms with Gasteiger partial charge in [-0.3, -0.25) is 0 Å². The molecule has 4 N–H and O–H groups in total. The Kier molecular flexibility index (Phi) is 4.05. The van der Waals surface area contributed by atoms with E-state index in [9.17, 15) is 4.79 Å². The molecule has 1 atom stereocenters. The van der Waals surface area contributed by atoms with Gasteiger partial charge in [-0.1, -0.05) is 11.6 Å². The van der Waals surface area contributed by atoms with Crippen LogP contribution in [0.25, 0.3) is 11.2 Å². The van der Waals surface area contributed by atoms with E-state index in [-0.39, 0.29) is 6.04 Å². The maximum atomic E-state index is 11.1. The van der Waals surface area contributed by atoms with E-state index in [1.54, 1.807) is 13.1 Å². The van der Waals surface area contributed by atoms with Crippen molar-refractivity contribution in [3.63, 3.8) is 0 Å². The minimum absolute atomic E-state index is 0.103. The standard InChI is InChI=1S/C13H16ClN7O2/c1-20(13(22)23)8-2-3-21(6-8)12-11(19-15)17-9-4-7(14)5-16-10(9)18-12/h4-5,8H,2-3,6,15H2,1H3,(H,17,19)(H,22,23). The lowest BCUT2D eigenvalue weighted by atomic mass is 10.2. The molecule has 0 bridgehead atoms. The Morgan fingerprint density at radius 3 is 3.04 bits per heavy atom. The summed E-state index contributed by atoms with van der Waals surface area (Å²) in [6.45, 7) is 1.18. The van der Waals surface area contributed by atoms with Crippen molar-refractivity contribution in [2.24, 2.45) is 5.84 Å². The van der Waals surface area contributed by atoms with Crippen molar-refractivity contribution < 1.29 is 9.90 Å². The number of aromatic nitrogens is 3. The average molecular weight is 338 g/mol. The van der Waals surface area contributed by atoms with E-state index in [1.165, 1.54) is 11.1 Å². The predicted octanol–water partition coefficient (Wildman–Crippen LogP) is 1.15. The van der Waals surface area contributed by atoms with Crippen LogP contribution in [0.15, 0.2) is 12.3 Å². The molecule has 1 aliphatic heterocycles. The SMILES string of the molecule is CN(C(=O)O)C1CCN(c2nc3ncc(Cl)cc3nc2NN)C1. The van der Waals surface area contributed by atoms with Crippen LogP contribution in [0.3, 0.4) is 0 Å². The van der Waals surface area contributed by atoms with Gasteiger partial charge in [-0.15, -0.1) is 0 Å². The molecule has 1 fully saturated rings. The zero-order chi connectivity index (χ0) is 16.6. The third-order valence-electron chi connectivity index (χ3n) is 3.92. The smallest absolute Gasteiger partial charge is 0.407 e. The summed E-state index contributed by atoms with van der Waals surface area (Å²) < 4.78 is 0. The van der Waals surface area contributed by atoms with Gasteiger partial charge in [-0.25, -0.2) is 25.6 Å². The zero-order valence-corrected chi connectivity index (χ0v) is 13.2. The molecular weight excluding hydrogens is 322 g/mol. The summed E-state index contributed by atoms with van der Waals surface area (Å²) in [6, 6.07) is 1.56. The van der Waals surface area contributed by atoms with E-state index in [0.29, 0.717) is 47.3 Å². The Labute approximate surface area is 137 Å². The molecule has 0 saturated carbocycles. The molecular formula is C13H16ClN7O2. The number of nitrogens with zero attached hydrogens (tertiary/aromatic N) is 5. The van der Waals surface area contributed by atoms with E-state index in [0.717, 1.165) is 0 Å². The van der Waals surface area contributed by atoms with Crippen molar-refractivity contribution in [2.75, 3.05) is 30.5 Å². The Bertz CT molecular complexity index is 756. The highest BCUT2D eigenvalue weighted by Gasteiger charge is 2.30. The highest BCUT2D eigenvalue weighted by molar-refractivity contribution is 6.31. The number of carbonyl (C=O) groups is 1. The number of fused-ring (bicyclic) bond motifs is 1. The van der Waals surface area contributed by atoms with Crippen LogP contribution in [0.4, 0.5) is 16.4 Å². The normalized spacial score (nSPS) is 17.5. The summed E-state index contributed by atoms with van der Waals surface area (Å²) in [5.74, 6) is 6.51. The number of nitrogen functional groups attached to an aromatic ring is 1. The Balaban J connectivity index is 1.93. The molecule has 3 heterocycles. The number of carboxylic acid groups (broad SMARTS) is 1. The van der Waals surface area contributed by atoms with Crippen LogP contribution in [-0.4, -0.2) is 57.2 Å². The molecule has 1 unspecified atom stereocenters. The molecule has 2 aromatic heterocycles. The number of pyridine rings is 1. The fraction of sp³-hybridized carbons (Fsp3) is 0.385. The monoisotopic (exact) mass is 337 g/mol. The highest BCUT2D eigenvalue weighted by atomic mass is 35.5. The number of amides is 1. The number of anilines is 2. The highest BCUT2D eigenvalue weighted by Crippen LogP contribution is 2.28. The number of halogens is 1. The minimum atomic E-state index is -0.949. The number of hydrazine groups is 1. The fourth-order valence-corrected chi connectivity index (χ4v) is 2.79. The first-order valence-electron chi connectivity index (χ1n) is 7.00. The second-order valence-electron chi connectivity index (χ2n) is 5.32. The van der Waals surface area contributed by atoms with E-state index in [2.05, 4.69) is 20.4 Å². The van der Waals surface area contributed by atoms with E-state index < -0.39 is 6.09 Å². The largest absolute Gasteiger partial charge is 0.465 e. The van der Waals surface area contributed by atoms with Crippen LogP contribution < -0.4 is 16.2 Å². The van der Waals surface area contributed by atoms with E-state index in [1.807, 2.05) is 4.90 Å². The fourth-order valence-electron chi connectivity index (χ4n) is 2.64. The minimum Gasteiger partial charge on any atom is -0.465 e. The molecule has 0 aliphatic carbocycles. The summed E-state index contributed by atoms with van der Waals surface area (Å²) in [6.07, 6.45) is 1.26. The van der Waals surface area contributed by atoms with Gasteiger partial charge in [0.2, 0.25) is 0 Å². The number of hydrogen-bond acceptors (Lipinski definition) is 7. The van der Waals surface area contributed by atoms with Crippen molar-refractivity contribution in [2.45, 2.75) is 12.5 Å². The lowest BCUT2D eigenvalue weighted by Gasteiger charge is -2.23. The van der Waals surface area contributed by atoms with E-state index >= 15 is 0 Å². The summed E-state index contributed by atoms with van der Waals surface area (Å²) in [5, 5.41) is 9.56. The third kappa shape index (κ3) is 2.92. The van der Waals surface area contributed by atoms with Gasteiger partial charge in [-0.2, -0.15) is 0 Å². The van der Waals surface area contributed by atoms with Gasteiger partial charge >= 0.3 is 6.09 Å². The number of nitrogens with two attached hydrogens (primary N) is 1. The van der Waals surface area contributed by atoms with Crippen molar-refractivity contribution in [1.82, 2.24) is 19.9 Å². The van der Waals surface area contributed by atoms with Crippen LogP contribution in [0.5, 0.6) is 0 Å². The summed E-state index contributed by atoms with van der Waals surface area (Å²) >= 11 is 5.91. The van der Waals surface area contributed by atoms with Gasteiger partial charge in [0.1, 0.15) is 5.52 Å². The topological polar surface area (TPSA) is 120 Å². The quantitative estimate of drug-likeness (QED) is 0.563. The van der Waals surface area contributed by atoms with Gasteiger partial charge < -0.3 is 20.3 Å². The average Bonchev–Trinajstić information content (AvgIpc) is 3.02. The van der Waals surface area contributed by atoms with Gasteiger partial charge in [-0.05, 0) is 12.5 Å². The van der Waals surface area contributed by atoms with Crippen LogP contribution in [-0.2, 0) is 0 Å². The Morgan fingerprint density at radius 1 is 1.57 bits per heavy atom. The maximum Gasteiger partial charge on any atom is 0.407 e. The molecule has 0 aromatic carbocycles. The lowest BCUT2D eigenvalue weighted by molar-refractivity contribution is 0.142. The van der Waals surface area contributed by atoms with Crippen LogP contribution >= 0.6 is 11.6 Å². The first kappa shape index (κ1) is 15.5. The number of rotatable bonds is 3. The predicted molar refractivity (Wildman–Crippen MR) is 86.6 cm³/mol. The molecule has 0 radical (unpaired) electrons. The van der Waals surface area contributed by atoms with Crippen molar-refractivity contribution in [1.29, 1.82) is 0 Å².